The fourth-order valence-electron chi connectivity index (χ4n) is 6.15. The summed E-state index contributed by atoms with van der Waals surface area (Å²) in [4.78, 5) is 0. The standard InChI is InChI=1S/C30H38N2O5S/c1-17-16-31-13-14-32(38(8,34)35)27-19(3)25(29(20(4)33)37-30(5,6)7)26(24(17)28(27)31)22-11-12-23-21(18(22)2)10-9-15-36-23/h11-12,16,29,33H,4,9-10,13-15H2,1-3,5-8H3. The summed E-state index contributed by atoms with van der Waals surface area (Å²) in [5.74, 6) is 0.796. The Morgan fingerprint density at radius 1 is 1.16 bits per heavy atom. The second kappa shape index (κ2) is 9.06. The van der Waals surface area contributed by atoms with E-state index in [1.807, 2.05) is 33.8 Å². The van der Waals surface area contributed by atoms with Gasteiger partial charge in [-0.2, -0.15) is 0 Å². The highest BCUT2D eigenvalue weighted by Crippen LogP contribution is 2.51. The number of aliphatic hydroxyl groups is 1. The van der Waals surface area contributed by atoms with Gasteiger partial charge < -0.3 is 19.1 Å². The van der Waals surface area contributed by atoms with Crippen LogP contribution in [0.3, 0.4) is 0 Å². The first-order chi connectivity index (χ1) is 17.7. The molecule has 0 amide bonds. The van der Waals surface area contributed by atoms with Gasteiger partial charge in [-0.25, -0.2) is 8.42 Å². The number of fused-ring (bicyclic) bond motifs is 1. The van der Waals surface area contributed by atoms with Gasteiger partial charge >= 0.3 is 0 Å². The molecule has 0 saturated heterocycles. The summed E-state index contributed by atoms with van der Waals surface area (Å²) < 4.78 is 42.1. The highest BCUT2D eigenvalue weighted by Gasteiger charge is 2.37. The van der Waals surface area contributed by atoms with Crippen molar-refractivity contribution in [2.75, 3.05) is 23.7 Å². The number of ether oxygens (including phenoxy) is 2. The lowest BCUT2D eigenvalue weighted by atomic mass is 9.83. The first kappa shape index (κ1) is 26.6. The largest absolute Gasteiger partial charge is 0.510 e. The highest BCUT2D eigenvalue weighted by atomic mass is 32.2. The Morgan fingerprint density at radius 2 is 1.87 bits per heavy atom. The van der Waals surface area contributed by atoms with Crippen molar-refractivity contribution in [1.82, 2.24) is 4.57 Å². The normalized spacial score (nSPS) is 16.3. The number of sulfonamides is 1. The van der Waals surface area contributed by atoms with E-state index in [0.29, 0.717) is 25.4 Å². The van der Waals surface area contributed by atoms with Crippen LogP contribution in [0.25, 0.3) is 22.0 Å². The molecule has 3 heterocycles. The van der Waals surface area contributed by atoms with Gasteiger partial charge in [-0.3, -0.25) is 4.31 Å². The predicted molar refractivity (Wildman–Crippen MR) is 153 cm³/mol. The molecule has 1 N–H and O–H groups in total. The van der Waals surface area contributed by atoms with Crippen molar-refractivity contribution >= 4 is 26.6 Å². The number of aromatic nitrogens is 1. The number of benzene rings is 2. The topological polar surface area (TPSA) is 81.0 Å². The fraction of sp³-hybridized carbons (Fsp3) is 0.467. The Kier molecular flexibility index (Phi) is 6.35. The summed E-state index contributed by atoms with van der Waals surface area (Å²) in [5.41, 5.74) is 7.77. The zero-order valence-corrected chi connectivity index (χ0v) is 24.3. The molecule has 1 aromatic heterocycles. The van der Waals surface area contributed by atoms with Gasteiger partial charge in [0.05, 0.1) is 36.2 Å². The van der Waals surface area contributed by atoms with E-state index in [0.717, 1.165) is 62.9 Å². The van der Waals surface area contributed by atoms with Crippen molar-refractivity contribution in [2.24, 2.45) is 0 Å². The first-order valence-electron chi connectivity index (χ1n) is 13.2. The molecule has 8 heteroatoms. The molecule has 2 aromatic carbocycles. The third kappa shape index (κ3) is 4.28. The predicted octanol–water partition coefficient (Wildman–Crippen LogP) is 6.27. The molecule has 5 rings (SSSR count). The third-order valence-corrected chi connectivity index (χ3v) is 8.82. The molecule has 7 nitrogen and oxygen atoms in total. The zero-order chi connectivity index (χ0) is 27.7. The van der Waals surface area contributed by atoms with E-state index in [1.165, 1.54) is 16.1 Å². The van der Waals surface area contributed by atoms with Gasteiger partial charge in [-0.15, -0.1) is 0 Å². The molecule has 0 aliphatic carbocycles. The summed E-state index contributed by atoms with van der Waals surface area (Å²) in [6.07, 6.45) is 4.38. The maximum Gasteiger partial charge on any atom is 0.232 e. The fourth-order valence-corrected chi connectivity index (χ4v) is 7.12. The number of aliphatic hydroxyl groups excluding tert-OH is 1. The molecule has 38 heavy (non-hydrogen) atoms. The van der Waals surface area contributed by atoms with E-state index in [4.69, 9.17) is 9.47 Å². The Labute approximate surface area is 225 Å². The summed E-state index contributed by atoms with van der Waals surface area (Å²) >= 11 is 0. The SMILES string of the molecule is C=C(O)C(OC(C)(C)C)c1c(C)c2c3c(c(C)cn3CCN2S(C)(=O)=O)c1-c1ccc2c(c1C)CCCO2. The Hall–Kier alpha value is -2.97. The molecule has 1 unspecified atom stereocenters. The van der Waals surface area contributed by atoms with Crippen LogP contribution in [0.1, 0.15) is 61.1 Å². The van der Waals surface area contributed by atoms with Crippen LogP contribution < -0.4 is 9.04 Å². The number of hydrogen-bond acceptors (Lipinski definition) is 5. The third-order valence-electron chi connectivity index (χ3n) is 7.65. The van der Waals surface area contributed by atoms with Crippen molar-refractivity contribution in [3.05, 3.63) is 58.5 Å². The van der Waals surface area contributed by atoms with Gasteiger partial charge in [-0.05, 0) is 93.8 Å². The molecule has 0 radical (unpaired) electrons. The van der Waals surface area contributed by atoms with E-state index >= 15 is 0 Å². The molecule has 1 atom stereocenters. The summed E-state index contributed by atoms with van der Waals surface area (Å²) in [5, 5.41) is 11.9. The van der Waals surface area contributed by atoms with E-state index in [-0.39, 0.29) is 5.76 Å². The van der Waals surface area contributed by atoms with Gasteiger partial charge in [0.25, 0.3) is 0 Å². The van der Waals surface area contributed by atoms with Gasteiger partial charge in [0.2, 0.25) is 10.0 Å². The van der Waals surface area contributed by atoms with Crippen molar-refractivity contribution in [1.29, 1.82) is 0 Å². The van der Waals surface area contributed by atoms with Crippen LogP contribution in [0, 0.1) is 20.8 Å². The number of rotatable bonds is 5. The molecule has 0 fully saturated rings. The van der Waals surface area contributed by atoms with Gasteiger partial charge in [0.1, 0.15) is 17.6 Å². The van der Waals surface area contributed by atoms with Crippen molar-refractivity contribution in [3.63, 3.8) is 0 Å². The van der Waals surface area contributed by atoms with Gasteiger partial charge in [0.15, 0.2) is 0 Å². The van der Waals surface area contributed by atoms with Crippen LogP contribution >= 0.6 is 0 Å². The van der Waals surface area contributed by atoms with Gasteiger partial charge in [-0.1, -0.05) is 12.6 Å². The summed E-state index contributed by atoms with van der Waals surface area (Å²) in [6, 6.07) is 4.12. The number of aryl methyl sites for hydroxylation is 1. The van der Waals surface area contributed by atoms with E-state index in [2.05, 4.69) is 37.3 Å². The van der Waals surface area contributed by atoms with E-state index in [1.54, 1.807) is 0 Å². The first-order valence-corrected chi connectivity index (χ1v) is 15.0. The smallest absolute Gasteiger partial charge is 0.232 e. The minimum absolute atomic E-state index is 0.117. The zero-order valence-electron chi connectivity index (χ0n) is 23.4. The molecule has 0 saturated carbocycles. The minimum Gasteiger partial charge on any atom is -0.510 e. The minimum atomic E-state index is -3.55. The Balaban J connectivity index is 1.97. The van der Waals surface area contributed by atoms with Crippen molar-refractivity contribution in [3.8, 4) is 16.9 Å². The van der Waals surface area contributed by atoms with E-state index in [9.17, 15) is 13.5 Å². The lowest BCUT2D eigenvalue weighted by molar-refractivity contribution is -0.0594. The molecular weight excluding hydrogens is 500 g/mol. The molecule has 2 aliphatic heterocycles. The van der Waals surface area contributed by atoms with Crippen LogP contribution in [0.5, 0.6) is 5.75 Å². The average molecular weight is 539 g/mol. The average Bonchev–Trinajstić information content (AvgIpc) is 3.15. The van der Waals surface area contributed by atoms with Crippen LogP contribution in [-0.2, 0) is 27.7 Å². The number of anilines is 1. The molecule has 3 aromatic rings. The second-order valence-corrected chi connectivity index (χ2v) is 13.5. The van der Waals surface area contributed by atoms with Crippen LogP contribution in [-0.4, -0.2) is 43.1 Å². The van der Waals surface area contributed by atoms with Crippen LogP contribution in [0.2, 0.25) is 0 Å². The summed E-state index contributed by atoms with van der Waals surface area (Å²) in [7, 11) is -3.55. The molecule has 2 aliphatic rings. The lowest BCUT2D eigenvalue weighted by Gasteiger charge is -2.35. The Bertz CT molecular complexity index is 1580. The van der Waals surface area contributed by atoms with Crippen molar-refractivity contribution < 1.29 is 23.0 Å². The molecule has 0 bridgehead atoms. The van der Waals surface area contributed by atoms with Gasteiger partial charge in [0, 0.05) is 23.7 Å². The number of nitrogens with zero attached hydrogens (tertiary/aromatic N) is 2. The highest BCUT2D eigenvalue weighted by molar-refractivity contribution is 7.92. The van der Waals surface area contributed by atoms with Crippen molar-refractivity contribution in [2.45, 2.75) is 72.6 Å². The molecular formula is C30H38N2O5S. The second-order valence-electron chi connectivity index (χ2n) is 11.6. The monoisotopic (exact) mass is 538 g/mol. The van der Waals surface area contributed by atoms with Crippen LogP contribution in [0.15, 0.2) is 30.7 Å². The lowest BCUT2D eigenvalue weighted by Crippen LogP contribution is -2.37. The number of hydrogen-bond donors (Lipinski definition) is 1. The van der Waals surface area contributed by atoms with Crippen LogP contribution in [0.4, 0.5) is 5.69 Å². The molecule has 204 valence electrons. The summed E-state index contributed by atoms with van der Waals surface area (Å²) in [6.45, 7) is 17.4. The maximum absolute atomic E-state index is 13.0. The van der Waals surface area contributed by atoms with E-state index < -0.39 is 21.7 Å². The maximum atomic E-state index is 13.0. The molecule has 0 spiro atoms. The Morgan fingerprint density at radius 3 is 2.50 bits per heavy atom. The quantitative estimate of drug-likeness (QED) is 0.388.